The molecule has 2 unspecified atom stereocenters. The summed E-state index contributed by atoms with van der Waals surface area (Å²) in [4.78, 5) is 2.52. The molecule has 3 rings (SSSR count). The van der Waals surface area contributed by atoms with E-state index in [9.17, 15) is 10.2 Å². The summed E-state index contributed by atoms with van der Waals surface area (Å²) in [5.74, 6) is 2.55. The zero-order chi connectivity index (χ0) is 19.7. The summed E-state index contributed by atoms with van der Waals surface area (Å²) in [6.07, 6.45) is 14.4. The maximum absolute atomic E-state index is 11.5. The summed E-state index contributed by atoms with van der Waals surface area (Å²) in [6.45, 7) is 10.1. The molecule has 0 aromatic rings. The van der Waals surface area contributed by atoms with Gasteiger partial charge in [0, 0.05) is 23.5 Å². The average molecular weight is 380 g/mol. The van der Waals surface area contributed by atoms with Gasteiger partial charge in [-0.15, -0.1) is 0 Å². The van der Waals surface area contributed by atoms with Gasteiger partial charge in [0.1, 0.15) is 0 Å². The Hall–Kier alpha value is -0.120. The number of β-amino-alcohol motifs (C(OH)–C–C–N with tert-alkyl or cyclic N) is 1. The third-order valence-corrected chi connectivity index (χ3v) is 8.49. The predicted octanol–water partition coefficient (Wildman–Crippen LogP) is 5.00. The lowest BCUT2D eigenvalue weighted by atomic mass is 9.56. The van der Waals surface area contributed by atoms with Gasteiger partial charge in [0.05, 0.1) is 12.7 Å². The molecule has 0 bridgehead atoms. The predicted molar refractivity (Wildman–Crippen MR) is 113 cm³/mol. The van der Waals surface area contributed by atoms with Crippen molar-refractivity contribution in [2.45, 2.75) is 116 Å². The van der Waals surface area contributed by atoms with E-state index in [2.05, 4.69) is 32.6 Å². The fourth-order valence-corrected chi connectivity index (χ4v) is 7.61. The van der Waals surface area contributed by atoms with Crippen molar-refractivity contribution in [3.8, 4) is 0 Å². The molecule has 2 N–H and O–H groups in total. The minimum Gasteiger partial charge on any atom is -0.395 e. The smallest absolute Gasteiger partial charge is 0.0606 e. The van der Waals surface area contributed by atoms with E-state index in [1.165, 1.54) is 64.2 Å². The molecule has 3 nitrogen and oxygen atoms in total. The number of aliphatic hydroxyl groups is 2. The van der Waals surface area contributed by atoms with Crippen LogP contribution in [0.2, 0.25) is 0 Å². The highest BCUT2D eigenvalue weighted by Crippen LogP contribution is 2.53. The second-order valence-electron chi connectivity index (χ2n) is 11.0. The molecule has 27 heavy (non-hydrogen) atoms. The number of hydrogen-bond acceptors (Lipinski definition) is 3. The molecular formula is C24H45NO2. The van der Waals surface area contributed by atoms with Gasteiger partial charge in [-0.3, -0.25) is 4.90 Å². The zero-order valence-electron chi connectivity index (χ0n) is 18.4. The number of hydrogen-bond donors (Lipinski definition) is 2. The van der Waals surface area contributed by atoms with Gasteiger partial charge < -0.3 is 10.2 Å². The van der Waals surface area contributed by atoms with Crippen molar-refractivity contribution in [2.75, 3.05) is 13.2 Å². The quantitative estimate of drug-likeness (QED) is 0.707. The van der Waals surface area contributed by atoms with Gasteiger partial charge >= 0.3 is 0 Å². The molecule has 0 aromatic heterocycles. The van der Waals surface area contributed by atoms with Crippen LogP contribution in [0.1, 0.15) is 98.3 Å². The number of likely N-dealkylation sites (tertiary alicyclic amines) is 1. The Balaban J connectivity index is 1.95. The monoisotopic (exact) mass is 379 g/mol. The molecule has 3 fully saturated rings. The Morgan fingerprint density at radius 1 is 0.852 bits per heavy atom. The maximum Gasteiger partial charge on any atom is 0.0606 e. The third-order valence-electron chi connectivity index (χ3n) is 8.49. The topological polar surface area (TPSA) is 43.7 Å². The normalized spacial score (nSPS) is 33.4. The average Bonchev–Trinajstić information content (AvgIpc) is 2.63. The Bertz CT molecular complexity index is 445. The lowest BCUT2D eigenvalue weighted by Crippen LogP contribution is -2.69. The van der Waals surface area contributed by atoms with Crippen LogP contribution in [0.5, 0.6) is 0 Å². The summed E-state index contributed by atoms with van der Waals surface area (Å²) in [5, 5.41) is 21.2. The first-order valence-corrected chi connectivity index (χ1v) is 11.9. The highest BCUT2D eigenvalue weighted by Gasteiger charge is 2.55. The lowest BCUT2D eigenvalue weighted by molar-refractivity contribution is -0.163. The Morgan fingerprint density at radius 2 is 1.33 bits per heavy atom. The van der Waals surface area contributed by atoms with Crippen LogP contribution >= 0.6 is 0 Å². The van der Waals surface area contributed by atoms with Crippen molar-refractivity contribution in [1.29, 1.82) is 0 Å². The van der Waals surface area contributed by atoms with E-state index in [1.54, 1.807) is 0 Å². The first-order chi connectivity index (χ1) is 12.8. The van der Waals surface area contributed by atoms with Gasteiger partial charge in [0.15, 0.2) is 0 Å². The molecule has 3 heteroatoms. The fraction of sp³-hybridized carbons (Fsp3) is 1.00. The van der Waals surface area contributed by atoms with E-state index in [-0.39, 0.29) is 23.8 Å². The van der Waals surface area contributed by atoms with Gasteiger partial charge in [0.2, 0.25) is 0 Å². The van der Waals surface area contributed by atoms with E-state index in [0.29, 0.717) is 18.4 Å². The summed E-state index contributed by atoms with van der Waals surface area (Å²) >= 11 is 0. The van der Waals surface area contributed by atoms with E-state index in [0.717, 1.165) is 18.3 Å². The molecule has 2 aliphatic carbocycles. The Morgan fingerprint density at radius 3 is 1.78 bits per heavy atom. The molecule has 0 radical (unpaired) electrons. The molecule has 158 valence electrons. The summed E-state index contributed by atoms with van der Waals surface area (Å²) in [7, 11) is 0. The van der Waals surface area contributed by atoms with Gasteiger partial charge in [-0.05, 0) is 51.9 Å². The van der Waals surface area contributed by atoms with Crippen LogP contribution in [-0.2, 0) is 0 Å². The molecule has 2 atom stereocenters. The van der Waals surface area contributed by atoms with Crippen molar-refractivity contribution in [1.82, 2.24) is 4.90 Å². The number of aliphatic hydroxyl groups excluding tert-OH is 2. The zero-order valence-corrected chi connectivity index (χ0v) is 18.4. The molecule has 0 spiro atoms. The van der Waals surface area contributed by atoms with Crippen molar-refractivity contribution in [2.24, 2.45) is 23.7 Å². The molecule has 0 amide bonds. The van der Waals surface area contributed by atoms with Gasteiger partial charge in [-0.25, -0.2) is 0 Å². The maximum atomic E-state index is 11.5. The summed E-state index contributed by atoms with van der Waals surface area (Å²) in [6, 6.07) is 0. The van der Waals surface area contributed by atoms with E-state index in [4.69, 9.17) is 0 Å². The van der Waals surface area contributed by atoms with E-state index >= 15 is 0 Å². The van der Waals surface area contributed by atoms with Crippen molar-refractivity contribution in [3.05, 3.63) is 0 Å². The molecule has 1 heterocycles. The highest BCUT2D eigenvalue weighted by molar-refractivity contribution is 5.08. The molecular weight excluding hydrogens is 334 g/mol. The first kappa shape index (κ1) is 21.6. The molecule has 1 saturated heterocycles. The van der Waals surface area contributed by atoms with Crippen molar-refractivity contribution in [3.63, 3.8) is 0 Å². The van der Waals surface area contributed by atoms with Crippen LogP contribution in [0.15, 0.2) is 0 Å². The van der Waals surface area contributed by atoms with E-state index < -0.39 is 0 Å². The summed E-state index contributed by atoms with van der Waals surface area (Å²) < 4.78 is 0. The molecule has 3 aliphatic rings. The van der Waals surface area contributed by atoms with Crippen molar-refractivity contribution >= 4 is 0 Å². The van der Waals surface area contributed by atoms with Crippen LogP contribution in [0, 0.1) is 23.7 Å². The third kappa shape index (κ3) is 4.41. The summed E-state index contributed by atoms with van der Waals surface area (Å²) in [5.41, 5.74) is -0.144. The minimum atomic E-state index is -0.223. The number of nitrogens with zero attached hydrogens (tertiary/aromatic N) is 1. The van der Waals surface area contributed by atoms with Gasteiger partial charge in [0.25, 0.3) is 0 Å². The highest BCUT2D eigenvalue weighted by atomic mass is 16.3. The van der Waals surface area contributed by atoms with Crippen molar-refractivity contribution < 1.29 is 10.2 Å². The van der Waals surface area contributed by atoms with Gasteiger partial charge in [-0.1, -0.05) is 64.2 Å². The SMILES string of the molecule is CC1(C)CC(O)C(C(C2CCCCC2)C2CCCCC2)C(C)(C)N1CCO. The lowest BCUT2D eigenvalue weighted by Gasteiger charge is -2.62. The second kappa shape index (κ2) is 8.71. The molecule has 0 aromatic carbocycles. The van der Waals surface area contributed by atoms with Crippen LogP contribution in [0.25, 0.3) is 0 Å². The van der Waals surface area contributed by atoms with Gasteiger partial charge in [-0.2, -0.15) is 0 Å². The minimum absolute atomic E-state index is 0.0637. The number of piperidine rings is 1. The van der Waals surface area contributed by atoms with E-state index in [1.807, 2.05) is 0 Å². The Kier molecular flexibility index (Phi) is 6.97. The number of rotatable bonds is 5. The fourth-order valence-electron chi connectivity index (χ4n) is 7.61. The van der Waals surface area contributed by atoms with Crippen LogP contribution in [-0.4, -0.2) is 45.4 Å². The largest absolute Gasteiger partial charge is 0.395 e. The second-order valence-corrected chi connectivity index (χ2v) is 11.0. The van der Waals surface area contributed by atoms with Crippen LogP contribution < -0.4 is 0 Å². The Labute approximate surface area is 167 Å². The molecule has 1 aliphatic heterocycles. The first-order valence-electron chi connectivity index (χ1n) is 11.9. The molecule has 2 saturated carbocycles. The van der Waals surface area contributed by atoms with Crippen LogP contribution in [0.3, 0.4) is 0 Å². The van der Waals surface area contributed by atoms with Crippen LogP contribution in [0.4, 0.5) is 0 Å². The standard InChI is InChI=1S/C24H45NO2/c1-23(2)17-20(27)22(24(3,4)25(23)15-16-26)21(18-11-7-5-8-12-18)19-13-9-6-10-14-19/h18-22,26-27H,5-17H2,1-4H3.